The van der Waals surface area contributed by atoms with Gasteiger partial charge in [-0.15, -0.1) is 0 Å². The van der Waals surface area contributed by atoms with E-state index in [0.29, 0.717) is 18.9 Å². The molecule has 0 spiro atoms. The van der Waals surface area contributed by atoms with Crippen LogP contribution in [-0.2, 0) is 10.0 Å². The molecule has 1 aliphatic heterocycles. The minimum Gasteiger partial charge on any atom is -0.480 e. The molecule has 1 fully saturated rings. The van der Waals surface area contributed by atoms with Gasteiger partial charge in [-0.1, -0.05) is 0 Å². The largest absolute Gasteiger partial charge is 0.480 e. The van der Waals surface area contributed by atoms with Gasteiger partial charge in [0.15, 0.2) is 0 Å². The van der Waals surface area contributed by atoms with E-state index in [0.717, 1.165) is 16.4 Å². The summed E-state index contributed by atoms with van der Waals surface area (Å²) < 4.78 is 64.4. The predicted molar refractivity (Wildman–Crippen MR) is 87.4 cm³/mol. The molecule has 1 saturated heterocycles. The zero-order valence-corrected chi connectivity index (χ0v) is 14.7. The van der Waals surface area contributed by atoms with Gasteiger partial charge >= 0.3 is 0 Å². The fraction of sp³-hybridized carbons (Fsp3) is 0.375. The maximum absolute atomic E-state index is 13.9. The Hall–Kier alpha value is -2.33. The Morgan fingerprint density at radius 2 is 2.00 bits per heavy atom. The number of sulfonamides is 1. The molecule has 1 atom stereocenters. The van der Waals surface area contributed by atoms with Gasteiger partial charge in [0.05, 0.1) is 26.0 Å². The maximum Gasteiger partial charge on any atom is 0.246 e. The molecule has 1 aliphatic rings. The van der Waals surface area contributed by atoms with Crippen LogP contribution in [0.25, 0.3) is 0 Å². The van der Waals surface area contributed by atoms with Crippen LogP contribution in [-0.4, -0.2) is 49.0 Å². The van der Waals surface area contributed by atoms with Crippen molar-refractivity contribution in [1.29, 1.82) is 0 Å². The molecule has 3 rings (SSSR count). The van der Waals surface area contributed by atoms with E-state index < -0.39 is 32.7 Å². The SMILES string of the molecule is COc1cncc(OC2CCCN(S(=O)(=O)c3cc(F)ccc3F)C2)n1. The Bertz CT molecular complexity index is 895. The zero-order valence-electron chi connectivity index (χ0n) is 13.9. The Morgan fingerprint density at radius 1 is 1.23 bits per heavy atom. The van der Waals surface area contributed by atoms with Gasteiger partial charge < -0.3 is 9.47 Å². The van der Waals surface area contributed by atoms with E-state index in [2.05, 4.69) is 9.97 Å². The topological polar surface area (TPSA) is 81.6 Å². The molecular formula is C16H17F2N3O4S. The van der Waals surface area contributed by atoms with Gasteiger partial charge in [-0.2, -0.15) is 9.29 Å². The standard InChI is InChI=1S/C16H17F2N3O4S/c1-24-15-8-19-9-16(20-15)25-12-3-2-6-21(10-12)26(22,23)14-7-11(17)4-5-13(14)18/h4-5,7-9,12H,2-3,6,10H2,1H3. The molecule has 0 saturated carbocycles. The summed E-state index contributed by atoms with van der Waals surface area (Å²) >= 11 is 0. The highest BCUT2D eigenvalue weighted by Gasteiger charge is 2.33. The van der Waals surface area contributed by atoms with Crippen molar-refractivity contribution >= 4 is 10.0 Å². The first kappa shape index (κ1) is 18.5. The summed E-state index contributed by atoms with van der Waals surface area (Å²) in [5.41, 5.74) is 0. The number of rotatable bonds is 5. The van der Waals surface area contributed by atoms with E-state index in [1.54, 1.807) is 0 Å². The molecule has 10 heteroatoms. The van der Waals surface area contributed by atoms with Crippen molar-refractivity contribution in [3.05, 3.63) is 42.2 Å². The average Bonchev–Trinajstić information content (AvgIpc) is 2.64. The Labute approximate surface area is 149 Å². The lowest BCUT2D eigenvalue weighted by Gasteiger charge is -2.31. The maximum atomic E-state index is 13.9. The van der Waals surface area contributed by atoms with Crippen LogP contribution in [0.1, 0.15) is 12.8 Å². The van der Waals surface area contributed by atoms with Crippen molar-refractivity contribution in [2.75, 3.05) is 20.2 Å². The summed E-state index contributed by atoms with van der Waals surface area (Å²) in [5, 5.41) is 0. The first-order valence-electron chi connectivity index (χ1n) is 7.88. The molecule has 0 amide bonds. The number of aromatic nitrogens is 2. The minimum absolute atomic E-state index is 0.00280. The molecule has 1 aromatic heterocycles. The van der Waals surface area contributed by atoms with E-state index in [-0.39, 0.29) is 24.8 Å². The average molecular weight is 385 g/mol. The molecule has 2 heterocycles. The number of piperidine rings is 1. The summed E-state index contributed by atoms with van der Waals surface area (Å²) in [6.07, 6.45) is 3.42. The van der Waals surface area contributed by atoms with Crippen LogP contribution >= 0.6 is 0 Å². The highest BCUT2D eigenvalue weighted by atomic mass is 32.2. The van der Waals surface area contributed by atoms with E-state index in [1.807, 2.05) is 0 Å². The van der Waals surface area contributed by atoms with Crippen molar-refractivity contribution in [3.8, 4) is 11.8 Å². The van der Waals surface area contributed by atoms with Crippen molar-refractivity contribution < 1.29 is 26.7 Å². The van der Waals surface area contributed by atoms with Crippen molar-refractivity contribution in [3.63, 3.8) is 0 Å². The number of halogens is 2. The third kappa shape index (κ3) is 3.91. The second-order valence-corrected chi connectivity index (χ2v) is 7.63. The Kier molecular flexibility index (Phi) is 5.33. The highest BCUT2D eigenvalue weighted by molar-refractivity contribution is 7.89. The van der Waals surface area contributed by atoms with Crippen LogP contribution < -0.4 is 9.47 Å². The van der Waals surface area contributed by atoms with Gasteiger partial charge in [-0.3, -0.25) is 4.98 Å². The van der Waals surface area contributed by atoms with E-state index in [9.17, 15) is 17.2 Å². The van der Waals surface area contributed by atoms with Crippen LogP contribution in [0.2, 0.25) is 0 Å². The molecule has 1 aromatic carbocycles. The molecule has 26 heavy (non-hydrogen) atoms. The quantitative estimate of drug-likeness (QED) is 0.783. The summed E-state index contributed by atoms with van der Waals surface area (Å²) in [6.45, 7) is 0.194. The van der Waals surface area contributed by atoms with E-state index in [4.69, 9.17) is 9.47 Å². The van der Waals surface area contributed by atoms with Crippen molar-refractivity contribution in [1.82, 2.24) is 14.3 Å². The van der Waals surface area contributed by atoms with Crippen LogP contribution in [0.15, 0.2) is 35.5 Å². The van der Waals surface area contributed by atoms with Gasteiger partial charge in [0.25, 0.3) is 0 Å². The summed E-state index contributed by atoms with van der Waals surface area (Å²) in [6, 6.07) is 2.35. The zero-order chi connectivity index (χ0) is 18.7. The number of methoxy groups -OCH3 is 1. The second kappa shape index (κ2) is 7.50. The molecule has 1 unspecified atom stereocenters. The fourth-order valence-electron chi connectivity index (χ4n) is 2.69. The van der Waals surface area contributed by atoms with Crippen LogP contribution in [0.5, 0.6) is 11.8 Å². The second-order valence-electron chi connectivity index (χ2n) is 5.72. The normalized spacial score (nSPS) is 18.5. The molecular weight excluding hydrogens is 368 g/mol. The van der Waals surface area contributed by atoms with Gasteiger partial charge in [0.1, 0.15) is 22.6 Å². The molecule has 2 aromatic rings. The molecule has 0 N–H and O–H groups in total. The molecule has 0 aliphatic carbocycles. The van der Waals surface area contributed by atoms with Gasteiger partial charge in [-0.05, 0) is 31.0 Å². The molecule has 7 nitrogen and oxygen atoms in total. The van der Waals surface area contributed by atoms with Gasteiger partial charge in [0, 0.05) is 6.54 Å². The van der Waals surface area contributed by atoms with Crippen molar-refractivity contribution in [2.45, 2.75) is 23.8 Å². The minimum atomic E-state index is -4.18. The number of benzene rings is 1. The lowest BCUT2D eigenvalue weighted by Crippen LogP contribution is -2.44. The molecule has 0 bridgehead atoms. The highest BCUT2D eigenvalue weighted by Crippen LogP contribution is 2.25. The fourth-order valence-corrected chi connectivity index (χ4v) is 4.28. The lowest BCUT2D eigenvalue weighted by molar-refractivity contribution is 0.123. The number of ether oxygens (including phenoxy) is 2. The third-order valence-electron chi connectivity index (χ3n) is 3.94. The molecule has 140 valence electrons. The Balaban J connectivity index is 1.78. The monoisotopic (exact) mass is 385 g/mol. The van der Waals surface area contributed by atoms with Gasteiger partial charge in [-0.25, -0.2) is 17.2 Å². The summed E-state index contributed by atoms with van der Waals surface area (Å²) in [4.78, 5) is 7.31. The molecule has 0 radical (unpaired) electrons. The summed E-state index contributed by atoms with van der Waals surface area (Å²) in [5.74, 6) is -1.34. The third-order valence-corrected chi connectivity index (χ3v) is 5.82. The lowest BCUT2D eigenvalue weighted by atomic mass is 10.1. The smallest absolute Gasteiger partial charge is 0.246 e. The van der Waals surface area contributed by atoms with Crippen LogP contribution in [0.3, 0.4) is 0 Å². The first-order valence-corrected chi connectivity index (χ1v) is 9.32. The number of hydrogen-bond acceptors (Lipinski definition) is 6. The number of nitrogens with zero attached hydrogens (tertiary/aromatic N) is 3. The van der Waals surface area contributed by atoms with E-state index >= 15 is 0 Å². The first-order chi connectivity index (χ1) is 12.4. The summed E-state index contributed by atoms with van der Waals surface area (Å²) in [7, 11) is -2.73. The van der Waals surface area contributed by atoms with Gasteiger partial charge in [0.2, 0.25) is 21.8 Å². The Morgan fingerprint density at radius 3 is 2.77 bits per heavy atom. The van der Waals surface area contributed by atoms with Crippen LogP contribution in [0, 0.1) is 11.6 Å². The number of hydrogen-bond donors (Lipinski definition) is 0. The van der Waals surface area contributed by atoms with E-state index in [1.165, 1.54) is 19.5 Å². The van der Waals surface area contributed by atoms with Crippen molar-refractivity contribution in [2.24, 2.45) is 0 Å². The van der Waals surface area contributed by atoms with Crippen LogP contribution in [0.4, 0.5) is 8.78 Å². The predicted octanol–water partition coefficient (Wildman–Crippen LogP) is 2.00.